The maximum atomic E-state index is 12.9. The Bertz CT molecular complexity index is 1150. The van der Waals surface area contributed by atoms with E-state index in [4.69, 9.17) is 16.9 Å². The predicted octanol–water partition coefficient (Wildman–Crippen LogP) is 4.95. The molecule has 1 unspecified atom stereocenters. The van der Waals surface area contributed by atoms with Gasteiger partial charge in [-0.3, -0.25) is 4.79 Å². The van der Waals surface area contributed by atoms with E-state index in [0.29, 0.717) is 5.56 Å². The van der Waals surface area contributed by atoms with E-state index >= 15 is 0 Å². The van der Waals surface area contributed by atoms with Crippen molar-refractivity contribution in [3.63, 3.8) is 0 Å². The number of benzene rings is 2. The van der Waals surface area contributed by atoms with Crippen LogP contribution in [-0.4, -0.2) is 9.78 Å². The lowest BCUT2D eigenvalue weighted by Gasteiger charge is -2.17. The summed E-state index contributed by atoms with van der Waals surface area (Å²) in [7, 11) is 0. The quantitative estimate of drug-likeness (QED) is 0.650. The molecule has 0 aliphatic rings. The van der Waals surface area contributed by atoms with Gasteiger partial charge in [0.05, 0.1) is 34.8 Å². The highest BCUT2D eigenvalue weighted by Crippen LogP contribution is 2.30. The van der Waals surface area contributed by atoms with Gasteiger partial charge in [0.1, 0.15) is 5.02 Å². The zero-order valence-electron chi connectivity index (χ0n) is 15.0. The SMILES string of the molecule is CC(Nc1cnn(-c2cccc(C(F)(F)F)c2)c(=O)c1Cl)c1cccc(C#N)c1. The van der Waals surface area contributed by atoms with Crippen molar-refractivity contribution in [2.45, 2.75) is 19.1 Å². The molecule has 0 aliphatic heterocycles. The second kappa shape index (κ2) is 7.97. The zero-order chi connectivity index (χ0) is 21.2. The first-order valence-electron chi connectivity index (χ1n) is 8.43. The Morgan fingerprint density at radius 3 is 2.62 bits per heavy atom. The summed E-state index contributed by atoms with van der Waals surface area (Å²) in [6.45, 7) is 1.81. The molecule has 29 heavy (non-hydrogen) atoms. The van der Waals surface area contributed by atoms with Crippen LogP contribution < -0.4 is 10.9 Å². The Labute approximate surface area is 169 Å². The number of rotatable bonds is 4. The van der Waals surface area contributed by atoms with Gasteiger partial charge in [-0.25, -0.2) is 0 Å². The summed E-state index contributed by atoms with van der Waals surface area (Å²) in [4.78, 5) is 12.6. The van der Waals surface area contributed by atoms with Gasteiger partial charge in [0.2, 0.25) is 0 Å². The summed E-state index contributed by atoms with van der Waals surface area (Å²) < 4.78 is 39.6. The summed E-state index contributed by atoms with van der Waals surface area (Å²) in [6.07, 6.45) is -3.27. The van der Waals surface area contributed by atoms with Crippen molar-refractivity contribution in [3.05, 3.63) is 86.8 Å². The minimum atomic E-state index is -4.54. The largest absolute Gasteiger partial charge is 0.416 e. The van der Waals surface area contributed by atoms with Crippen LogP contribution in [0.4, 0.5) is 18.9 Å². The number of nitriles is 1. The third-order valence-electron chi connectivity index (χ3n) is 4.22. The fourth-order valence-corrected chi connectivity index (χ4v) is 2.91. The lowest BCUT2D eigenvalue weighted by atomic mass is 10.1. The Morgan fingerprint density at radius 1 is 1.21 bits per heavy atom. The molecule has 1 N–H and O–H groups in total. The first-order chi connectivity index (χ1) is 13.7. The smallest absolute Gasteiger partial charge is 0.376 e. The summed E-state index contributed by atoms with van der Waals surface area (Å²) in [5, 5.41) is 15.8. The van der Waals surface area contributed by atoms with E-state index in [-0.39, 0.29) is 22.4 Å². The third kappa shape index (κ3) is 4.41. The van der Waals surface area contributed by atoms with Crippen LogP contribution in [0.15, 0.2) is 59.5 Å². The molecule has 0 fully saturated rings. The average Bonchev–Trinajstić information content (AvgIpc) is 2.71. The summed E-state index contributed by atoms with van der Waals surface area (Å²) >= 11 is 6.16. The second-order valence-electron chi connectivity index (χ2n) is 6.24. The zero-order valence-corrected chi connectivity index (χ0v) is 15.8. The maximum Gasteiger partial charge on any atom is 0.416 e. The Hall–Kier alpha value is -3.31. The Balaban J connectivity index is 1.92. The minimum Gasteiger partial charge on any atom is -0.376 e. The molecule has 5 nitrogen and oxygen atoms in total. The van der Waals surface area contributed by atoms with E-state index < -0.39 is 17.3 Å². The van der Waals surface area contributed by atoms with Crippen molar-refractivity contribution >= 4 is 17.3 Å². The number of nitrogens with one attached hydrogen (secondary N) is 1. The third-order valence-corrected chi connectivity index (χ3v) is 4.59. The van der Waals surface area contributed by atoms with Crippen LogP contribution in [-0.2, 0) is 6.18 Å². The van der Waals surface area contributed by atoms with Crippen LogP contribution in [0.3, 0.4) is 0 Å². The number of nitrogens with zero attached hydrogens (tertiary/aromatic N) is 3. The monoisotopic (exact) mass is 418 g/mol. The van der Waals surface area contributed by atoms with Gasteiger partial charge in [-0.2, -0.15) is 28.2 Å². The number of anilines is 1. The molecule has 1 heterocycles. The van der Waals surface area contributed by atoms with Crippen molar-refractivity contribution in [2.75, 3.05) is 5.32 Å². The minimum absolute atomic E-state index is 0.0481. The average molecular weight is 419 g/mol. The molecule has 0 radical (unpaired) electrons. The van der Waals surface area contributed by atoms with Gasteiger partial charge in [0.25, 0.3) is 5.56 Å². The molecule has 0 amide bonds. The van der Waals surface area contributed by atoms with Crippen LogP contribution in [0, 0.1) is 11.3 Å². The van der Waals surface area contributed by atoms with E-state index in [1.165, 1.54) is 18.3 Å². The fraction of sp³-hybridized carbons (Fsp3) is 0.150. The predicted molar refractivity (Wildman–Crippen MR) is 103 cm³/mol. The highest BCUT2D eigenvalue weighted by molar-refractivity contribution is 6.33. The topological polar surface area (TPSA) is 70.7 Å². The van der Waals surface area contributed by atoms with Gasteiger partial charge < -0.3 is 5.32 Å². The Morgan fingerprint density at radius 2 is 1.93 bits per heavy atom. The van der Waals surface area contributed by atoms with Crippen LogP contribution in [0.5, 0.6) is 0 Å². The van der Waals surface area contributed by atoms with E-state index in [1.54, 1.807) is 18.2 Å². The van der Waals surface area contributed by atoms with E-state index in [1.807, 2.05) is 19.1 Å². The van der Waals surface area contributed by atoms with Crippen molar-refractivity contribution in [3.8, 4) is 11.8 Å². The van der Waals surface area contributed by atoms with Crippen molar-refractivity contribution < 1.29 is 13.2 Å². The molecule has 3 rings (SSSR count). The number of aromatic nitrogens is 2. The van der Waals surface area contributed by atoms with Crippen molar-refractivity contribution in [1.82, 2.24) is 9.78 Å². The van der Waals surface area contributed by atoms with Crippen molar-refractivity contribution in [1.29, 1.82) is 5.26 Å². The van der Waals surface area contributed by atoms with E-state index in [2.05, 4.69) is 10.4 Å². The molecular formula is C20H14ClF3N4O. The summed E-state index contributed by atoms with van der Waals surface area (Å²) in [6, 6.07) is 12.9. The van der Waals surface area contributed by atoms with Crippen LogP contribution in [0.2, 0.25) is 5.02 Å². The highest BCUT2D eigenvalue weighted by atomic mass is 35.5. The van der Waals surface area contributed by atoms with Crippen molar-refractivity contribution in [2.24, 2.45) is 0 Å². The number of halogens is 4. The van der Waals surface area contributed by atoms with Crippen LogP contribution >= 0.6 is 11.6 Å². The molecule has 2 aromatic carbocycles. The molecule has 1 atom stereocenters. The first-order valence-corrected chi connectivity index (χ1v) is 8.80. The molecule has 9 heteroatoms. The molecule has 0 bridgehead atoms. The van der Waals surface area contributed by atoms with Gasteiger partial charge in [-0.05, 0) is 42.8 Å². The van der Waals surface area contributed by atoms with Crippen LogP contribution in [0.1, 0.15) is 29.7 Å². The molecule has 0 saturated carbocycles. The van der Waals surface area contributed by atoms with Crippen LogP contribution in [0.25, 0.3) is 5.69 Å². The second-order valence-corrected chi connectivity index (χ2v) is 6.62. The normalized spacial score (nSPS) is 12.3. The number of hydrogen-bond donors (Lipinski definition) is 1. The number of alkyl halides is 3. The first kappa shape index (κ1) is 20.4. The summed E-state index contributed by atoms with van der Waals surface area (Å²) in [5.74, 6) is 0. The molecule has 148 valence electrons. The standard InChI is InChI=1S/C20H14ClF3N4O/c1-12(14-5-2-4-13(8-14)10-25)27-17-11-26-28(19(29)18(17)21)16-7-3-6-15(9-16)20(22,23)24/h2-9,11-12,27H,1H3. The molecule has 0 saturated heterocycles. The Kier molecular flexibility index (Phi) is 5.62. The van der Waals surface area contributed by atoms with Gasteiger partial charge in [0.15, 0.2) is 0 Å². The summed E-state index contributed by atoms with van der Waals surface area (Å²) in [5.41, 5.74) is -0.188. The lowest BCUT2D eigenvalue weighted by Crippen LogP contribution is -2.23. The van der Waals surface area contributed by atoms with Gasteiger partial charge in [-0.1, -0.05) is 29.8 Å². The van der Waals surface area contributed by atoms with Gasteiger partial charge in [-0.15, -0.1) is 0 Å². The molecule has 0 aliphatic carbocycles. The van der Waals surface area contributed by atoms with Gasteiger partial charge >= 0.3 is 6.18 Å². The number of hydrogen-bond acceptors (Lipinski definition) is 4. The lowest BCUT2D eigenvalue weighted by molar-refractivity contribution is -0.137. The highest BCUT2D eigenvalue weighted by Gasteiger charge is 2.30. The maximum absolute atomic E-state index is 12.9. The van der Waals surface area contributed by atoms with Gasteiger partial charge in [0, 0.05) is 6.04 Å². The molecule has 1 aromatic heterocycles. The fourth-order valence-electron chi connectivity index (χ4n) is 2.73. The molecular weight excluding hydrogens is 405 g/mol. The molecule has 3 aromatic rings. The molecule has 0 spiro atoms. The van der Waals surface area contributed by atoms with E-state index in [9.17, 15) is 18.0 Å². The van der Waals surface area contributed by atoms with E-state index in [0.717, 1.165) is 22.4 Å².